The summed E-state index contributed by atoms with van der Waals surface area (Å²) in [6, 6.07) is 3.96. The molecule has 94 valence electrons. The topological polar surface area (TPSA) is 33.1 Å². The van der Waals surface area contributed by atoms with Crippen LogP contribution in [0.5, 0.6) is 0 Å². The van der Waals surface area contributed by atoms with Crippen molar-refractivity contribution in [2.75, 3.05) is 0 Å². The van der Waals surface area contributed by atoms with Crippen molar-refractivity contribution >= 4 is 15.9 Å². The minimum atomic E-state index is -0.230. The third-order valence-electron chi connectivity index (χ3n) is 3.56. The van der Waals surface area contributed by atoms with Crippen LogP contribution in [-0.2, 0) is 6.42 Å². The second-order valence-corrected chi connectivity index (χ2v) is 5.98. The molecule has 17 heavy (non-hydrogen) atoms. The van der Waals surface area contributed by atoms with Gasteiger partial charge in [-0.3, -0.25) is 4.98 Å². The van der Waals surface area contributed by atoms with Crippen LogP contribution in [0.15, 0.2) is 22.8 Å². The summed E-state index contributed by atoms with van der Waals surface area (Å²) in [6.45, 7) is 0. The maximum absolute atomic E-state index is 10.1. The molecule has 1 aromatic rings. The van der Waals surface area contributed by atoms with Crippen LogP contribution in [0, 0.1) is 5.92 Å². The highest BCUT2D eigenvalue weighted by atomic mass is 79.9. The van der Waals surface area contributed by atoms with Gasteiger partial charge < -0.3 is 5.11 Å². The predicted molar refractivity (Wildman–Crippen MR) is 72.8 cm³/mol. The van der Waals surface area contributed by atoms with Gasteiger partial charge in [0.25, 0.3) is 0 Å². The van der Waals surface area contributed by atoms with Gasteiger partial charge in [0, 0.05) is 22.8 Å². The van der Waals surface area contributed by atoms with Gasteiger partial charge in [0.15, 0.2) is 0 Å². The maximum Gasteiger partial charge on any atom is 0.0598 e. The average Bonchev–Trinajstić information content (AvgIpc) is 2.33. The van der Waals surface area contributed by atoms with Gasteiger partial charge in [-0.05, 0) is 40.4 Å². The van der Waals surface area contributed by atoms with E-state index in [1.54, 1.807) is 6.20 Å². The first-order valence-electron chi connectivity index (χ1n) is 6.52. The lowest BCUT2D eigenvalue weighted by molar-refractivity contribution is 0.129. The van der Waals surface area contributed by atoms with E-state index >= 15 is 0 Å². The van der Waals surface area contributed by atoms with Crippen molar-refractivity contribution in [2.45, 2.75) is 51.0 Å². The Kier molecular flexibility index (Phi) is 4.99. The smallest absolute Gasteiger partial charge is 0.0598 e. The zero-order valence-corrected chi connectivity index (χ0v) is 11.7. The quantitative estimate of drug-likeness (QED) is 0.919. The van der Waals surface area contributed by atoms with Crippen molar-refractivity contribution in [3.05, 3.63) is 28.5 Å². The van der Waals surface area contributed by atoms with Gasteiger partial charge in [0.1, 0.15) is 0 Å². The van der Waals surface area contributed by atoms with Gasteiger partial charge in [0.2, 0.25) is 0 Å². The standard InChI is InChI=1S/C14H20BrNO/c15-12-6-7-13(16-10-12)9-14(17)8-11-4-2-1-3-5-11/h6-7,10-11,14,17H,1-5,8-9H2. The van der Waals surface area contributed by atoms with E-state index in [-0.39, 0.29) is 6.10 Å². The lowest BCUT2D eigenvalue weighted by atomic mass is 9.85. The van der Waals surface area contributed by atoms with Crippen LogP contribution in [0.4, 0.5) is 0 Å². The minimum absolute atomic E-state index is 0.230. The van der Waals surface area contributed by atoms with Crippen LogP contribution in [0.1, 0.15) is 44.2 Å². The van der Waals surface area contributed by atoms with E-state index in [2.05, 4.69) is 20.9 Å². The van der Waals surface area contributed by atoms with Crippen LogP contribution in [0.25, 0.3) is 0 Å². The fourth-order valence-electron chi connectivity index (χ4n) is 2.66. The third kappa shape index (κ3) is 4.40. The first-order chi connectivity index (χ1) is 8.24. The molecule has 0 aromatic carbocycles. The molecular formula is C14H20BrNO. The average molecular weight is 298 g/mol. The number of aromatic nitrogens is 1. The Morgan fingerprint density at radius 1 is 1.29 bits per heavy atom. The fourth-order valence-corrected chi connectivity index (χ4v) is 2.89. The lowest BCUT2D eigenvalue weighted by Crippen LogP contribution is -2.18. The molecule has 1 aliphatic carbocycles. The number of aliphatic hydroxyl groups excluding tert-OH is 1. The van der Waals surface area contributed by atoms with E-state index in [0.717, 1.165) is 22.5 Å². The largest absolute Gasteiger partial charge is 0.393 e. The molecule has 1 atom stereocenters. The molecule has 3 heteroatoms. The zero-order chi connectivity index (χ0) is 12.1. The Bertz CT molecular complexity index is 333. The normalized spacial score (nSPS) is 19.2. The molecule has 1 aromatic heterocycles. The number of rotatable bonds is 4. The summed E-state index contributed by atoms with van der Waals surface area (Å²) in [5.41, 5.74) is 0.983. The monoisotopic (exact) mass is 297 g/mol. The van der Waals surface area contributed by atoms with Gasteiger partial charge in [0.05, 0.1) is 6.10 Å². The third-order valence-corrected chi connectivity index (χ3v) is 4.03. The molecule has 1 saturated carbocycles. The Morgan fingerprint density at radius 3 is 2.71 bits per heavy atom. The first kappa shape index (κ1) is 13.0. The number of hydrogen-bond acceptors (Lipinski definition) is 2. The van der Waals surface area contributed by atoms with Gasteiger partial charge in [-0.25, -0.2) is 0 Å². The Labute approximate surface area is 112 Å². The van der Waals surface area contributed by atoms with E-state index in [1.807, 2.05) is 12.1 Å². The summed E-state index contributed by atoms with van der Waals surface area (Å²) in [7, 11) is 0. The molecule has 1 heterocycles. The van der Waals surface area contributed by atoms with Crippen molar-refractivity contribution in [3.8, 4) is 0 Å². The highest BCUT2D eigenvalue weighted by Crippen LogP contribution is 2.27. The molecule has 0 spiro atoms. The summed E-state index contributed by atoms with van der Waals surface area (Å²) in [6.07, 6.45) is 9.84. The number of hydrogen-bond donors (Lipinski definition) is 1. The minimum Gasteiger partial charge on any atom is -0.393 e. The Balaban J connectivity index is 1.79. The summed E-state index contributed by atoms with van der Waals surface area (Å²) < 4.78 is 0.989. The van der Waals surface area contributed by atoms with Gasteiger partial charge in [-0.15, -0.1) is 0 Å². The molecule has 1 aliphatic rings. The highest BCUT2D eigenvalue weighted by Gasteiger charge is 2.17. The molecule has 0 aliphatic heterocycles. The van der Waals surface area contributed by atoms with E-state index in [9.17, 15) is 5.11 Å². The molecule has 1 unspecified atom stereocenters. The summed E-state index contributed by atoms with van der Waals surface area (Å²) in [5.74, 6) is 0.731. The Morgan fingerprint density at radius 2 is 2.06 bits per heavy atom. The molecule has 0 amide bonds. The maximum atomic E-state index is 10.1. The molecule has 0 saturated heterocycles. The van der Waals surface area contributed by atoms with Crippen LogP contribution in [0.2, 0.25) is 0 Å². The molecule has 2 nitrogen and oxygen atoms in total. The van der Waals surface area contributed by atoms with Gasteiger partial charge >= 0.3 is 0 Å². The summed E-state index contributed by atoms with van der Waals surface area (Å²) >= 11 is 3.37. The van der Waals surface area contributed by atoms with Crippen molar-refractivity contribution < 1.29 is 5.11 Å². The highest BCUT2D eigenvalue weighted by molar-refractivity contribution is 9.10. The van der Waals surface area contributed by atoms with Gasteiger partial charge in [-0.2, -0.15) is 0 Å². The number of aliphatic hydroxyl groups is 1. The molecule has 1 fully saturated rings. The van der Waals surface area contributed by atoms with Crippen LogP contribution in [0.3, 0.4) is 0 Å². The number of halogens is 1. The van der Waals surface area contributed by atoms with E-state index in [0.29, 0.717) is 6.42 Å². The van der Waals surface area contributed by atoms with Crippen molar-refractivity contribution in [3.63, 3.8) is 0 Å². The van der Waals surface area contributed by atoms with Crippen molar-refractivity contribution in [1.82, 2.24) is 4.98 Å². The molecule has 0 bridgehead atoms. The van der Waals surface area contributed by atoms with E-state index in [4.69, 9.17) is 0 Å². The number of nitrogens with zero attached hydrogens (tertiary/aromatic N) is 1. The SMILES string of the molecule is OC(Cc1ccc(Br)cn1)CC1CCCCC1. The van der Waals surface area contributed by atoms with E-state index in [1.165, 1.54) is 32.1 Å². The summed E-state index contributed by atoms with van der Waals surface area (Å²) in [4.78, 5) is 4.30. The van der Waals surface area contributed by atoms with Crippen molar-refractivity contribution in [1.29, 1.82) is 0 Å². The fraction of sp³-hybridized carbons (Fsp3) is 0.643. The van der Waals surface area contributed by atoms with Crippen LogP contribution in [-0.4, -0.2) is 16.2 Å². The van der Waals surface area contributed by atoms with Crippen molar-refractivity contribution in [2.24, 2.45) is 5.92 Å². The molecule has 1 N–H and O–H groups in total. The summed E-state index contributed by atoms with van der Waals surface area (Å²) in [5, 5.41) is 10.1. The first-order valence-corrected chi connectivity index (χ1v) is 7.32. The van der Waals surface area contributed by atoms with Gasteiger partial charge in [-0.1, -0.05) is 32.1 Å². The second kappa shape index (κ2) is 6.50. The molecule has 0 radical (unpaired) electrons. The Hall–Kier alpha value is -0.410. The predicted octanol–water partition coefficient (Wildman–Crippen LogP) is 3.72. The number of pyridine rings is 1. The van der Waals surface area contributed by atoms with Crippen LogP contribution < -0.4 is 0 Å². The van der Waals surface area contributed by atoms with Crippen LogP contribution >= 0.6 is 15.9 Å². The zero-order valence-electron chi connectivity index (χ0n) is 10.1. The molecule has 2 rings (SSSR count). The second-order valence-electron chi connectivity index (χ2n) is 5.07. The lowest BCUT2D eigenvalue weighted by Gasteiger charge is -2.23. The molecular weight excluding hydrogens is 278 g/mol. The van der Waals surface area contributed by atoms with E-state index < -0.39 is 0 Å².